The predicted octanol–water partition coefficient (Wildman–Crippen LogP) is 4.68. The van der Waals surface area contributed by atoms with Gasteiger partial charge < -0.3 is 18.8 Å². The Labute approximate surface area is 275 Å². The molecule has 11 nitrogen and oxygen atoms in total. The number of sulfonamides is 1. The number of nitrogens with one attached hydrogen (secondary N) is 1. The molecule has 0 atom stereocenters. The third-order valence-electron chi connectivity index (χ3n) is 8.76. The number of amides is 2. The maximum atomic E-state index is 13.4. The van der Waals surface area contributed by atoms with E-state index in [-0.39, 0.29) is 17.4 Å². The van der Waals surface area contributed by atoms with Crippen molar-refractivity contribution in [3.05, 3.63) is 87.5 Å². The number of anilines is 3. The molecule has 0 saturated carbocycles. The Hall–Kier alpha value is -4.42. The van der Waals surface area contributed by atoms with E-state index in [1.807, 2.05) is 57.3 Å². The molecule has 1 aliphatic heterocycles. The average Bonchev–Trinajstić information content (AvgIpc) is 3.41. The van der Waals surface area contributed by atoms with Crippen LogP contribution in [0.4, 0.5) is 17.1 Å². The van der Waals surface area contributed by atoms with E-state index in [0.717, 1.165) is 22.9 Å². The number of fused-ring (bicyclic) bond motifs is 2. The zero-order valence-electron chi connectivity index (χ0n) is 28.1. The van der Waals surface area contributed by atoms with Crippen LogP contribution in [0, 0.1) is 19.3 Å². The minimum Gasteiger partial charge on any atom is -0.461 e. The van der Waals surface area contributed by atoms with Crippen LogP contribution in [0.2, 0.25) is 0 Å². The van der Waals surface area contributed by atoms with Gasteiger partial charge in [-0.15, -0.1) is 0 Å². The number of furan rings is 1. The van der Waals surface area contributed by atoms with Crippen molar-refractivity contribution in [3.8, 4) is 0 Å². The second-order valence-electron chi connectivity index (χ2n) is 12.8. The lowest BCUT2D eigenvalue weighted by atomic mass is 9.90. The van der Waals surface area contributed by atoms with Gasteiger partial charge in [0.15, 0.2) is 0 Å². The second-order valence-corrected chi connectivity index (χ2v) is 14.6. The van der Waals surface area contributed by atoms with Crippen LogP contribution in [0.25, 0.3) is 11.0 Å². The number of pyridine rings is 1. The smallest absolute Gasteiger partial charge is 0.261 e. The quantitative estimate of drug-likeness (QED) is 0.232. The number of carbonyl (C=O) groups excluding carboxylic acids is 2. The van der Waals surface area contributed by atoms with Gasteiger partial charge in [-0.2, -0.15) is 0 Å². The van der Waals surface area contributed by atoms with Crippen LogP contribution >= 0.6 is 0 Å². The standard InChI is InChI=1S/C35H43N5O6S/c1-8-40-29-14-13-25(20-30(29)37(6)33(42)35(4,5)34(40)43)15-16-38(22-26-11-9-10-12-28(26)36-47(7,44)45)17-18-39-21-23(2)31-27(32(39)41)19-24(3)46-31/h9-14,19-21,36H,8,15-18,22H2,1-7H3. The number of nitrogens with zero attached hydrogens (tertiary/aromatic N) is 4. The van der Waals surface area contributed by atoms with Crippen LogP contribution in [0.3, 0.4) is 0 Å². The Bertz CT molecular complexity index is 2010. The number of carbonyl (C=O) groups is 2. The molecule has 250 valence electrons. The molecule has 0 unspecified atom stereocenters. The molecule has 2 aromatic carbocycles. The van der Waals surface area contributed by atoms with Gasteiger partial charge >= 0.3 is 0 Å². The lowest BCUT2D eigenvalue weighted by molar-refractivity contribution is -0.137. The fraction of sp³-hybridized carbons (Fsp3) is 0.400. The molecule has 1 N–H and O–H groups in total. The van der Waals surface area contributed by atoms with Crippen molar-refractivity contribution in [3.63, 3.8) is 0 Å². The van der Waals surface area contributed by atoms with Crippen LogP contribution in [-0.2, 0) is 39.1 Å². The summed E-state index contributed by atoms with van der Waals surface area (Å²) >= 11 is 0. The molecule has 0 spiro atoms. The zero-order valence-corrected chi connectivity index (χ0v) is 28.9. The van der Waals surface area contributed by atoms with Gasteiger partial charge in [0.05, 0.1) is 28.7 Å². The van der Waals surface area contributed by atoms with Gasteiger partial charge in [-0.05, 0) is 76.4 Å². The Morgan fingerprint density at radius 2 is 1.68 bits per heavy atom. The first-order valence-electron chi connectivity index (χ1n) is 15.7. The topological polar surface area (TPSA) is 125 Å². The summed E-state index contributed by atoms with van der Waals surface area (Å²) in [4.78, 5) is 45.4. The highest BCUT2D eigenvalue weighted by molar-refractivity contribution is 7.92. The third-order valence-corrected chi connectivity index (χ3v) is 9.35. The molecule has 5 rings (SSSR count). The summed E-state index contributed by atoms with van der Waals surface area (Å²) in [7, 11) is -1.80. The number of aryl methyl sites for hydroxylation is 2. The first-order valence-corrected chi connectivity index (χ1v) is 17.6. The summed E-state index contributed by atoms with van der Waals surface area (Å²) in [5.74, 6) is 0.182. The lowest BCUT2D eigenvalue weighted by Gasteiger charge is -2.27. The van der Waals surface area contributed by atoms with Gasteiger partial charge in [0, 0.05) is 51.5 Å². The van der Waals surface area contributed by atoms with E-state index in [1.54, 1.807) is 53.5 Å². The van der Waals surface area contributed by atoms with Crippen molar-refractivity contribution in [1.29, 1.82) is 0 Å². The van der Waals surface area contributed by atoms with Crippen LogP contribution in [0.5, 0.6) is 0 Å². The van der Waals surface area contributed by atoms with Gasteiger partial charge in [-0.25, -0.2) is 8.42 Å². The van der Waals surface area contributed by atoms with Crippen molar-refractivity contribution >= 4 is 49.9 Å². The zero-order chi connectivity index (χ0) is 34.3. The van der Waals surface area contributed by atoms with Crippen LogP contribution < -0.4 is 20.1 Å². The van der Waals surface area contributed by atoms with E-state index < -0.39 is 15.4 Å². The van der Waals surface area contributed by atoms with Gasteiger partial charge in [0.1, 0.15) is 16.8 Å². The number of hydrogen-bond acceptors (Lipinski definition) is 7. The molecule has 3 heterocycles. The van der Waals surface area contributed by atoms with Crippen LogP contribution in [-0.4, -0.2) is 62.6 Å². The maximum absolute atomic E-state index is 13.4. The molecule has 0 aliphatic carbocycles. The molecule has 2 amide bonds. The highest BCUT2D eigenvalue weighted by Crippen LogP contribution is 2.39. The van der Waals surface area contributed by atoms with E-state index in [0.29, 0.717) is 72.9 Å². The van der Waals surface area contributed by atoms with Crippen molar-refractivity contribution in [2.24, 2.45) is 5.41 Å². The first kappa shape index (κ1) is 33.9. The Morgan fingerprint density at radius 1 is 0.957 bits per heavy atom. The summed E-state index contributed by atoms with van der Waals surface area (Å²) in [5.41, 5.74) is 3.79. The fourth-order valence-corrected chi connectivity index (χ4v) is 6.84. The highest BCUT2D eigenvalue weighted by atomic mass is 32.2. The van der Waals surface area contributed by atoms with Crippen LogP contribution in [0.1, 0.15) is 43.2 Å². The van der Waals surface area contributed by atoms with E-state index in [9.17, 15) is 22.8 Å². The van der Waals surface area contributed by atoms with Gasteiger partial charge in [-0.3, -0.25) is 24.0 Å². The number of para-hydroxylation sites is 1. The summed E-state index contributed by atoms with van der Waals surface area (Å²) in [6.07, 6.45) is 3.54. The van der Waals surface area contributed by atoms with Crippen LogP contribution in [0.15, 0.2) is 63.9 Å². The molecule has 0 radical (unpaired) electrons. The van der Waals surface area contributed by atoms with Crippen molar-refractivity contribution in [2.75, 3.05) is 47.5 Å². The highest BCUT2D eigenvalue weighted by Gasteiger charge is 2.45. The number of benzene rings is 2. The van der Waals surface area contributed by atoms with Gasteiger partial charge in [0.25, 0.3) is 5.56 Å². The summed E-state index contributed by atoms with van der Waals surface area (Å²) in [6, 6.07) is 14.9. The summed E-state index contributed by atoms with van der Waals surface area (Å²) in [6.45, 7) is 11.3. The molecule has 12 heteroatoms. The fourth-order valence-electron chi connectivity index (χ4n) is 6.24. The molecule has 1 aliphatic rings. The lowest BCUT2D eigenvalue weighted by Crippen LogP contribution is -2.47. The first-order chi connectivity index (χ1) is 22.1. The predicted molar refractivity (Wildman–Crippen MR) is 185 cm³/mol. The third kappa shape index (κ3) is 6.98. The molecule has 4 aromatic rings. The molecule has 47 heavy (non-hydrogen) atoms. The van der Waals surface area contributed by atoms with Crippen molar-refractivity contribution < 1.29 is 22.4 Å². The van der Waals surface area contributed by atoms with E-state index in [4.69, 9.17) is 4.42 Å². The van der Waals surface area contributed by atoms with E-state index in [2.05, 4.69) is 9.62 Å². The van der Waals surface area contributed by atoms with E-state index >= 15 is 0 Å². The van der Waals surface area contributed by atoms with E-state index in [1.165, 1.54) is 0 Å². The summed E-state index contributed by atoms with van der Waals surface area (Å²) < 4.78 is 34.3. The minimum absolute atomic E-state index is 0.127. The number of rotatable bonds is 11. The molecule has 0 saturated heterocycles. The number of aromatic nitrogens is 1. The molecule has 0 bridgehead atoms. The largest absolute Gasteiger partial charge is 0.461 e. The average molecular weight is 662 g/mol. The maximum Gasteiger partial charge on any atom is 0.261 e. The van der Waals surface area contributed by atoms with Gasteiger partial charge in [-0.1, -0.05) is 24.3 Å². The molecular weight excluding hydrogens is 618 g/mol. The monoisotopic (exact) mass is 661 g/mol. The minimum atomic E-state index is -3.50. The van der Waals surface area contributed by atoms with Crippen molar-refractivity contribution in [2.45, 2.75) is 54.1 Å². The SMILES string of the molecule is CCN1C(=O)C(C)(C)C(=O)N(C)c2cc(CCN(CCn3cc(C)c4oc(C)cc4c3=O)Cc3ccccc3NS(C)(=O)=O)ccc21. The Morgan fingerprint density at radius 3 is 2.38 bits per heavy atom. The molecular formula is C35H43N5O6S. The normalized spacial score (nSPS) is 15.0. The number of hydrogen-bond donors (Lipinski definition) is 1. The Balaban J connectivity index is 1.44. The second kappa shape index (κ2) is 13.0. The van der Waals surface area contributed by atoms with Crippen molar-refractivity contribution in [1.82, 2.24) is 9.47 Å². The summed E-state index contributed by atoms with van der Waals surface area (Å²) in [5, 5.41) is 0.545. The molecule has 0 fully saturated rings. The Kier molecular flexibility index (Phi) is 9.38. The molecule has 2 aromatic heterocycles. The van der Waals surface area contributed by atoms with Gasteiger partial charge in [0.2, 0.25) is 21.8 Å².